The molecule has 0 saturated carbocycles. The van der Waals surface area contributed by atoms with E-state index >= 15 is 0 Å². The van der Waals surface area contributed by atoms with Crippen molar-refractivity contribution in [3.8, 4) is 0 Å². The van der Waals surface area contributed by atoms with Crippen molar-refractivity contribution in [1.29, 1.82) is 0 Å². The summed E-state index contributed by atoms with van der Waals surface area (Å²) in [5, 5.41) is 4.26. The molecule has 2 heterocycles. The molecule has 0 saturated heterocycles. The Bertz CT molecular complexity index is 408. The lowest BCUT2D eigenvalue weighted by Crippen LogP contribution is -1.86. The van der Waals surface area contributed by atoms with E-state index in [0.717, 1.165) is 22.4 Å². The van der Waals surface area contributed by atoms with Crippen LogP contribution in [0.1, 0.15) is 12.7 Å². The number of halogens is 1. The number of nitrogens with zero attached hydrogens (tertiary/aromatic N) is 3. The zero-order valence-electron chi connectivity index (χ0n) is 6.66. The smallest absolute Gasteiger partial charge is 0.156 e. The SMILES string of the molecule is CCc1nc2cc(Br)ccn2n1. The molecule has 0 N–H and O–H groups in total. The van der Waals surface area contributed by atoms with Crippen LogP contribution in [0.2, 0.25) is 0 Å². The standard InChI is InChI=1S/C8H8BrN3/c1-2-7-10-8-5-6(9)3-4-12(8)11-7/h3-5H,2H2,1H3. The molecule has 0 aliphatic carbocycles. The molecule has 0 aromatic carbocycles. The molecule has 0 aliphatic heterocycles. The molecular weight excluding hydrogens is 218 g/mol. The second-order valence-electron chi connectivity index (χ2n) is 2.53. The molecule has 0 atom stereocenters. The Hall–Kier alpha value is -0.900. The van der Waals surface area contributed by atoms with Gasteiger partial charge in [0.25, 0.3) is 0 Å². The fraction of sp³-hybridized carbons (Fsp3) is 0.250. The molecule has 2 rings (SSSR count). The fourth-order valence-electron chi connectivity index (χ4n) is 1.05. The Morgan fingerprint density at radius 1 is 1.58 bits per heavy atom. The summed E-state index contributed by atoms with van der Waals surface area (Å²) in [4.78, 5) is 4.31. The second-order valence-corrected chi connectivity index (χ2v) is 3.44. The molecule has 0 spiro atoms. The summed E-state index contributed by atoms with van der Waals surface area (Å²) in [5.74, 6) is 0.883. The molecule has 0 fully saturated rings. The van der Waals surface area contributed by atoms with Gasteiger partial charge in [-0.25, -0.2) is 9.50 Å². The number of hydrogen-bond acceptors (Lipinski definition) is 2. The molecule has 0 unspecified atom stereocenters. The highest BCUT2D eigenvalue weighted by Crippen LogP contribution is 2.11. The summed E-state index contributed by atoms with van der Waals surface area (Å²) < 4.78 is 2.81. The van der Waals surface area contributed by atoms with Crippen LogP contribution in [-0.4, -0.2) is 14.6 Å². The van der Waals surface area contributed by atoms with E-state index in [0.29, 0.717) is 0 Å². The van der Waals surface area contributed by atoms with Gasteiger partial charge in [0.2, 0.25) is 0 Å². The van der Waals surface area contributed by atoms with Crippen molar-refractivity contribution in [2.75, 3.05) is 0 Å². The van der Waals surface area contributed by atoms with Crippen LogP contribution < -0.4 is 0 Å². The van der Waals surface area contributed by atoms with Crippen molar-refractivity contribution in [3.63, 3.8) is 0 Å². The van der Waals surface area contributed by atoms with Crippen molar-refractivity contribution >= 4 is 21.6 Å². The lowest BCUT2D eigenvalue weighted by atomic mass is 10.5. The lowest BCUT2D eigenvalue weighted by molar-refractivity contribution is 0.885. The van der Waals surface area contributed by atoms with Crippen LogP contribution in [0.25, 0.3) is 5.65 Å². The van der Waals surface area contributed by atoms with Crippen LogP contribution in [0.3, 0.4) is 0 Å². The minimum atomic E-state index is 0.874. The molecule has 2 aromatic rings. The zero-order chi connectivity index (χ0) is 8.55. The van der Waals surface area contributed by atoms with Gasteiger partial charge in [-0.3, -0.25) is 0 Å². The first-order chi connectivity index (χ1) is 5.79. The molecular formula is C8H8BrN3. The Morgan fingerprint density at radius 2 is 2.42 bits per heavy atom. The Labute approximate surface area is 78.6 Å². The number of rotatable bonds is 1. The predicted octanol–water partition coefficient (Wildman–Crippen LogP) is 2.05. The van der Waals surface area contributed by atoms with Gasteiger partial charge in [-0.1, -0.05) is 22.9 Å². The first-order valence-corrected chi connectivity index (χ1v) is 4.59. The normalized spacial score (nSPS) is 10.8. The third-order valence-electron chi connectivity index (χ3n) is 1.66. The average molecular weight is 226 g/mol. The van der Waals surface area contributed by atoms with Gasteiger partial charge in [0.05, 0.1) is 0 Å². The van der Waals surface area contributed by atoms with Gasteiger partial charge in [0.15, 0.2) is 11.5 Å². The molecule has 0 amide bonds. The molecule has 4 heteroatoms. The van der Waals surface area contributed by atoms with Crippen LogP contribution in [0.15, 0.2) is 22.8 Å². The van der Waals surface area contributed by atoms with Gasteiger partial charge in [-0.05, 0) is 12.1 Å². The van der Waals surface area contributed by atoms with Crippen molar-refractivity contribution in [2.45, 2.75) is 13.3 Å². The van der Waals surface area contributed by atoms with E-state index < -0.39 is 0 Å². The lowest BCUT2D eigenvalue weighted by Gasteiger charge is -1.89. The second kappa shape index (κ2) is 2.86. The van der Waals surface area contributed by atoms with Crippen molar-refractivity contribution in [3.05, 3.63) is 28.6 Å². The maximum Gasteiger partial charge on any atom is 0.156 e. The van der Waals surface area contributed by atoms with Gasteiger partial charge in [0, 0.05) is 17.1 Å². The maximum absolute atomic E-state index is 4.31. The third-order valence-corrected chi connectivity index (χ3v) is 2.15. The topological polar surface area (TPSA) is 30.2 Å². The largest absolute Gasteiger partial charge is 0.221 e. The number of fused-ring (bicyclic) bond motifs is 1. The minimum absolute atomic E-state index is 0.874. The molecule has 3 nitrogen and oxygen atoms in total. The number of aromatic nitrogens is 3. The van der Waals surface area contributed by atoms with Gasteiger partial charge < -0.3 is 0 Å². The van der Waals surface area contributed by atoms with E-state index in [-0.39, 0.29) is 0 Å². The Balaban J connectivity index is 2.67. The Morgan fingerprint density at radius 3 is 3.17 bits per heavy atom. The Kier molecular flexibility index (Phi) is 1.84. The molecule has 0 bridgehead atoms. The van der Waals surface area contributed by atoms with Crippen molar-refractivity contribution in [2.24, 2.45) is 0 Å². The number of hydrogen-bond donors (Lipinski definition) is 0. The van der Waals surface area contributed by atoms with Crippen molar-refractivity contribution < 1.29 is 0 Å². The van der Waals surface area contributed by atoms with Gasteiger partial charge in [0.1, 0.15) is 0 Å². The summed E-state index contributed by atoms with van der Waals surface area (Å²) in [5.41, 5.74) is 0.890. The average Bonchev–Trinajstić information content (AvgIpc) is 2.46. The summed E-state index contributed by atoms with van der Waals surface area (Å²) in [7, 11) is 0. The van der Waals surface area contributed by atoms with Crippen LogP contribution in [0.4, 0.5) is 0 Å². The van der Waals surface area contributed by atoms with Crippen LogP contribution in [0, 0.1) is 0 Å². The highest BCUT2D eigenvalue weighted by Gasteiger charge is 2.00. The molecule has 2 aromatic heterocycles. The predicted molar refractivity (Wildman–Crippen MR) is 50.1 cm³/mol. The quantitative estimate of drug-likeness (QED) is 0.744. The summed E-state index contributed by atoms with van der Waals surface area (Å²) in [6.45, 7) is 2.05. The van der Waals surface area contributed by atoms with Crippen LogP contribution in [-0.2, 0) is 6.42 Å². The van der Waals surface area contributed by atoms with Gasteiger partial charge >= 0.3 is 0 Å². The van der Waals surface area contributed by atoms with E-state index in [2.05, 4.69) is 26.0 Å². The monoisotopic (exact) mass is 225 g/mol. The number of pyridine rings is 1. The molecule has 62 valence electrons. The molecule has 12 heavy (non-hydrogen) atoms. The summed E-state index contributed by atoms with van der Waals surface area (Å²) in [6.07, 6.45) is 2.77. The van der Waals surface area contributed by atoms with E-state index in [1.807, 2.05) is 25.3 Å². The maximum atomic E-state index is 4.31. The van der Waals surface area contributed by atoms with E-state index in [4.69, 9.17) is 0 Å². The van der Waals surface area contributed by atoms with E-state index in [9.17, 15) is 0 Å². The highest BCUT2D eigenvalue weighted by molar-refractivity contribution is 9.10. The van der Waals surface area contributed by atoms with E-state index in [1.165, 1.54) is 0 Å². The summed E-state index contributed by atoms with van der Waals surface area (Å²) in [6, 6.07) is 3.90. The third kappa shape index (κ3) is 1.22. The first-order valence-electron chi connectivity index (χ1n) is 3.80. The summed E-state index contributed by atoms with van der Waals surface area (Å²) >= 11 is 3.38. The first kappa shape index (κ1) is 7.73. The fourth-order valence-corrected chi connectivity index (χ4v) is 1.38. The zero-order valence-corrected chi connectivity index (χ0v) is 8.24. The molecule has 0 aliphatic rings. The van der Waals surface area contributed by atoms with Crippen LogP contribution in [0.5, 0.6) is 0 Å². The van der Waals surface area contributed by atoms with Gasteiger partial charge in [-0.2, -0.15) is 5.10 Å². The molecule has 0 radical (unpaired) electrons. The van der Waals surface area contributed by atoms with Crippen molar-refractivity contribution in [1.82, 2.24) is 14.6 Å². The van der Waals surface area contributed by atoms with E-state index in [1.54, 1.807) is 4.52 Å². The van der Waals surface area contributed by atoms with Crippen LogP contribution >= 0.6 is 15.9 Å². The van der Waals surface area contributed by atoms with Gasteiger partial charge in [-0.15, -0.1) is 0 Å². The highest BCUT2D eigenvalue weighted by atomic mass is 79.9. The minimum Gasteiger partial charge on any atom is -0.221 e. The number of aryl methyl sites for hydroxylation is 1.